The lowest BCUT2D eigenvalue weighted by molar-refractivity contribution is -0.726. The van der Waals surface area contributed by atoms with E-state index in [1.165, 1.54) is 0 Å². The van der Waals surface area contributed by atoms with Gasteiger partial charge in [0.15, 0.2) is 7.05 Å². The van der Waals surface area contributed by atoms with Crippen molar-refractivity contribution >= 4 is 33.7 Å². The number of H-pyrrole nitrogens is 1. The maximum atomic E-state index is 12.9. The first kappa shape index (κ1) is 22.6. The summed E-state index contributed by atoms with van der Waals surface area (Å²) in [7, 11) is 5.97. The van der Waals surface area contributed by atoms with Gasteiger partial charge in [0.25, 0.3) is 5.56 Å². The Bertz CT molecular complexity index is 1520. The van der Waals surface area contributed by atoms with Crippen LogP contribution in [0.2, 0.25) is 0 Å². The van der Waals surface area contributed by atoms with Crippen LogP contribution >= 0.6 is 0 Å². The van der Waals surface area contributed by atoms with Crippen LogP contribution in [-0.2, 0) is 18.8 Å². The topological polar surface area (TPSA) is 73.5 Å². The zero-order valence-corrected chi connectivity index (χ0v) is 21.3. The Morgan fingerprint density at radius 2 is 1.81 bits per heavy atom. The lowest BCUT2D eigenvalue weighted by Crippen LogP contribution is -2.38. The van der Waals surface area contributed by atoms with Crippen molar-refractivity contribution in [1.82, 2.24) is 14.6 Å². The van der Waals surface area contributed by atoms with E-state index >= 15 is 0 Å². The summed E-state index contributed by atoms with van der Waals surface area (Å²) in [5.41, 5.74) is 8.14. The van der Waals surface area contributed by atoms with Crippen molar-refractivity contribution in [2.45, 2.75) is 6.92 Å². The number of aromatic amines is 1. The minimum Gasteiger partial charge on any atom is -0.378 e. The van der Waals surface area contributed by atoms with Gasteiger partial charge in [0.05, 0.1) is 59.4 Å². The number of benzene rings is 1. The van der Waals surface area contributed by atoms with Crippen molar-refractivity contribution < 1.29 is 9.42 Å². The van der Waals surface area contributed by atoms with Gasteiger partial charge in [-0.25, -0.2) is 0 Å². The van der Waals surface area contributed by atoms with E-state index in [0.717, 1.165) is 76.7 Å². The number of nitrogens with zero attached hydrogens (tertiary/aromatic N) is 6. The predicted molar refractivity (Wildman–Crippen MR) is 142 cm³/mol. The van der Waals surface area contributed by atoms with Crippen molar-refractivity contribution in [3.8, 4) is 11.3 Å². The zero-order chi connectivity index (χ0) is 25.0. The molecule has 9 heteroatoms. The number of morpholine rings is 1. The van der Waals surface area contributed by atoms with Crippen LogP contribution in [0.5, 0.6) is 0 Å². The van der Waals surface area contributed by atoms with Crippen molar-refractivity contribution in [3.63, 3.8) is 0 Å². The van der Waals surface area contributed by atoms with Gasteiger partial charge >= 0.3 is 0 Å². The second kappa shape index (κ2) is 8.67. The molecule has 1 N–H and O–H groups in total. The van der Waals surface area contributed by atoms with Gasteiger partial charge < -0.3 is 24.0 Å². The van der Waals surface area contributed by atoms with Crippen LogP contribution in [0.25, 0.3) is 22.2 Å². The molecule has 4 aromatic rings. The summed E-state index contributed by atoms with van der Waals surface area (Å²) < 4.78 is 9.30. The van der Waals surface area contributed by atoms with Gasteiger partial charge in [0.2, 0.25) is 6.20 Å². The predicted octanol–water partition coefficient (Wildman–Crippen LogP) is 2.49. The van der Waals surface area contributed by atoms with Gasteiger partial charge in [-0.05, 0) is 31.2 Å². The molecule has 0 unspecified atom stereocenters. The first-order valence-electron chi connectivity index (χ1n) is 12.4. The molecule has 2 aliphatic heterocycles. The number of hydrogen-bond donors (Lipinski definition) is 1. The third-order valence-corrected chi connectivity index (χ3v) is 7.43. The van der Waals surface area contributed by atoms with E-state index in [4.69, 9.17) is 9.72 Å². The molecule has 2 aliphatic rings. The molecule has 36 heavy (non-hydrogen) atoms. The molecule has 1 saturated heterocycles. The van der Waals surface area contributed by atoms with Crippen LogP contribution in [0, 0.1) is 6.92 Å². The van der Waals surface area contributed by atoms with Crippen molar-refractivity contribution in [2.24, 2.45) is 14.1 Å². The average Bonchev–Trinajstić information content (AvgIpc) is 3.34. The van der Waals surface area contributed by atoms with Crippen LogP contribution in [0.1, 0.15) is 5.56 Å². The number of aryl methyl sites for hydroxylation is 3. The maximum absolute atomic E-state index is 12.9. The monoisotopic (exact) mass is 486 g/mol. The molecule has 0 atom stereocenters. The summed E-state index contributed by atoms with van der Waals surface area (Å²) in [4.78, 5) is 24.7. The van der Waals surface area contributed by atoms with Crippen LogP contribution in [0.15, 0.2) is 47.7 Å². The van der Waals surface area contributed by atoms with E-state index in [1.807, 2.05) is 50.4 Å². The molecule has 0 bridgehead atoms. The highest BCUT2D eigenvalue weighted by Crippen LogP contribution is 2.42. The fourth-order valence-electron chi connectivity index (χ4n) is 5.36. The van der Waals surface area contributed by atoms with Gasteiger partial charge in [-0.1, -0.05) is 0 Å². The Morgan fingerprint density at radius 1 is 1.00 bits per heavy atom. The number of rotatable bonds is 3. The summed E-state index contributed by atoms with van der Waals surface area (Å²) >= 11 is 0. The van der Waals surface area contributed by atoms with E-state index < -0.39 is 0 Å². The van der Waals surface area contributed by atoms with E-state index in [0.29, 0.717) is 13.2 Å². The van der Waals surface area contributed by atoms with E-state index in [9.17, 15) is 4.79 Å². The highest BCUT2D eigenvalue weighted by atomic mass is 16.5. The third-order valence-electron chi connectivity index (χ3n) is 7.43. The van der Waals surface area contributed by atoms with Gasteiger partial charge in [0, 0.05) is 56.9 Å². The Kier molecular flexibility index (Phi) is 5.44. The smallest absolute Gasteiger partial charge is 0.253 e. The fourth-order valence-corrected chi connectivity index (χ4v) is 5.36. The number of hydrogen-bond acceptors (Lipinski definition) is 6. The number of fused-ring (bicyclic) bond motifs is 2. The fraction of sp³-hybridized carbons (Fsp3) is 0.370. The second-order valence-corrected chi connectivity index (χ2v) is 9.79. The molecular formula is C27H32N7O2+. The molecular weight excluding hydrogens is 454 g/mol. The van der Waals surface area contributed by atoms with Gasteiger partial charge in [-0.3, -0.25) is 9.78 Å². The molecule has 0 saturated carbocycles. The number of pyridine rings is 2. The van der Waals surface area contributed by atoms with Crippen LogP contribution < -0.4 is 24.9 Å². The Morgan fingerprint density at radius 3 is 2.56 bits per heavy atom. The third kappa shape index (κ3) is 3.71. The molecule has 186 valence electrons. The normalized spacial score (nSPS) is 16.1. The molecule has 6 rings (SSSR count). The largest absolute Gasteiger partial charge is 0.378 e. The molecule has 0 radical (unpaired) electrons. The van der Waals surface area contributed by atoms with Crippen LogP contribution in [-0.4, -0.2) is 61.1 Å². The minimum atomic E-state index is 0.0392. The number of anilines is 4. The standard InChI is InChI=1S/C27H31N7O2/c1-18-11-21-23(32(4)27(18)35)12-20(33-7-9-36-10-8-33)13-24(21)34-6-5-30(2)25-14-22(28-16-26(25)34)19-15-29-31(3)17-19/h11-17H,5-10H2,1-4H3/p+1. The van der Waals surface area contributed by atoms with Crippen molar-refractivity contribution in [3.05, 3.63) is 58.8 Å². The summed E-state index contributed by atoms with van der Waals surface area (Å²) in [5, 5.41) is 4.25. The second-order valence-electron chi connectivity index (χ2n) is 9.79. The SMILES string of the molecule is Cc1cc2c(N3CCN(C)c4cc(-c5c[nH][n+](C)c5)ncc43)cc(N3CCOCC3)cc2n(C)c1=O. The van der Waals surface area contributed by atoms with E-state index in [2.05, 4.69) is 45.0 Å². The molecule has 1 fully saturated rings. The van der Waals surface area contributed by atoms with Gasteiger partial charge in [0.1, 0.15) is 0 Å². The molecule has 0 aliphatic carbocycles. The Hall–Kier alpha value is -3.85. The molecule has 0 spiro atoms. The van der Waals surface area contributed by atoms with Crippen LogP contribution in [0.4, 0.5) is 22.7 Å². The Labute approximate surface area is 210 Å². The van der Waals surface area contributed by atoms with Gasteiger partial charge in [-0.15, -0.1) is 4.68 Å². The van der Waals surface area contributed by atoms with Crippen LogP contribution in [0.3, 0.4) is 0 Å². The van der Waals surface area contributed by atoms with E-state index in [-0.39, 0.29) is 5.56 Å². The quantitative estimate of drug-likeness (QED) is 0.449. The molecule has 5 heterocycles. The highest BCUT2D eigenvalue weighted by Gasteiger charge is 2.26. The average molecular weight is 487 g/mol. The lowest BCUT2D eigenvalue weighted by Gasteiger charge is -2.38. The zero-order valence-electron chi connectivity index (χ0n) is 21.3. The number of aromatic nitrogens is 4. The summed E-state index contributed by atoms with van der Waals surface area (Å²) in [6, 6.07) is 8.62. The lowest BCUT2D eigenvalue weighted by atomic mass is 10.1. The Balaban J connectivity index is 1.54. The van der Waals surface area contributed by atoms with E-state index in [1.54, 1.807) is 4.57 Å². The number of nitrogens with one attached hydrogen (secondary N) is 1. The van der Waals surface area contributed by atoms with Crippen molar-refractivity contribution in [2.75, 3.05) is 61.1 Å². The molecule has 9 nitrogen and oxygen atoms in total. The first-order chi connectivity index (χ1) is 17.4. The number of likely N-dealkylation sites (N-methyl/N-ethyl adjacent to an activating group) is 1. The minimum absolute atomic E-state index is 0.0392. The summed E-state index contributed by atoms with van der Waals surface area (Å²) in [6.07, 6.45) is 5.99. The highest BCUT2D eigenvalue weighted by molar-refractivity contribution is 5.99. The van der Waals surface area contributed by atoms with Gasteiger partial charge in [-0.2, -0.15) is 5.10 Å². The first-order valence-corrected chi connectivity index (χ1v) is 12.4. The molecule has 1 aromatic carbocycles. The van der Waals surface area contributed by atoms with Crippen molar-refractivity contribution in [1.29, 1.82) is 0 Å². The summed E-state index contributed by atoms with van der Waals surface area (Å²) in [6.45, 7) is 6.69. The maximum Gasteiger partial charge on any atom is 0.253 e. The molecule has 3 aromatic heterocycles. The molecule has 0 amide bonds. The summed E-state index contributed by atoms with van der Waals surface area (Å²) in [5.74, 6) is 0. The number of ether oxygens (including phenoxy) is 1.